The third kappa shape index (κ3) is 2.06. The van der Waals surface area contributed by atoms with E-state index in [9.17, 15) is 0 Å². The minimum Gasteiger partial charge on any atom is -0.454 e. The van der Waals surface area contributed by atoms with Gasteiger partial charge in [0.05, 0.1) is 0 Å². The van der Waals surface area contributed by atoms with Gasteiger partial charge < -0.3 is 9.47 Å². The number of ether oxygens (including phenoxy) is 2. The van der Waals surface area contributed by atoms with E-state index in [1.807, 2.05) is 6.07 Å². The average Bonchev–Trinajstić information content (AvgIpc) is 2.61. The molecule has 76 valence electrons. The maximum absolute atomic E-state index is 5.32. The molecule has 0 saturated carbocycles. The summed E-state index contributed by atoms with van der Waals surface area (Å²) >= 11 is 6.95. The number of hydrogen-bond donors (Lipinski definition) is 0. The van der Waals surface area contributed by atoms with Crippen LogP contribution in [0.5, 0.6) is 11.5 Å². The normalized spacial score (nSPS) is 13.3. The summed E-state index contributed by atoms with van der Waals surface area (Å²) in [5.41, 5.74) is 1.27. The number of aryl methyl sites for hydroxylation is 1. The molecule has 0 N–H and O–H groups in total. The summed E-state index contributed by atoms with van der Waals surface area (Å²) in [6.07, 6.45) is 2.17. The lowest BCUT2D eigenvalue weighted by Crippen LogP contribution is -1.93. The van der Waals surface area contributed by atoms with Crippen LogP contribution in [0, 0.1) is 0 Å². The second-order valence-corrected chi connectivity index (χ2v) is 4.74. The Morgan fingerprint density at radius 1 is 1.21 bits per heavy atom. The van der Waals surface area contributed by atoms with Crippen LogP contribution in [0.3, 0.4) is 0 Å². The third-order valence-corrected chi connectivity index (χ3v) is 3.42. The first-order chi connectivity index (χ1) is 6.81. The van der Waals surface area contributed by atoms with E-state index in [4.69, 9.17) is 9.47 Å². The second kappa shape index (κ2) is 4.53. The summed E-state index contributed by atoms with van der Waals surface area (Å²) in [6, 6.07) is 4.03. The zero-order chi connectivity index (χ0) is 9.97. The van der Waals surface area contributed by atoms with E-state index in [-0.39, 0.29) is 0 Å². The van der Waals surface area contributed by atoms with Crippen LogP contribution in [0.15, 0.2) is 16.6 Å². The van der Waals surface area contributed by atoms with Crippen molar-refractivity contribution in [1.29, 1.82) is 0 Å². The van der Waals surface area contributed by atoms with Crippen LogP contribution in [0.1, 0.15) is 12.0 Å². The number of halogens is 2. The summed E-state index contributed by atoms with van der Waals surface area (Å²) in [5.74, 6) is 1.69. The largest absolute Gasteiger partial charge is 0.454 e. The van der Waals surface area contributed by atoms with E-state index >= 15 is 0 Å². The van der Waals surface area contributed by atoms with Crippen LogP contribution >= 0.6 is 31.9 Å². The molecule has 0 aliphatic carbocycles. The lowest BCUT2D eigenvalue weighted by Gasteiger charge is -2.04. The molecular formula is C10H10Br2O2. The fourth-order valence-electron chi connectivity index (χ4n) is 1.41. The number of rotatable bonds is 3. The average molecular weight is 322 g/mol. The molecule has 0 aromatic heterocycles. The van der Waals surface area contributed by atoms with E-state index in [2.05, 4.69) is 37.9 Å². The molecule has 2 rings (SSSR count). The lowest BCUT2D eigenvalue weighted by molar-refractivity contribution is 0.174. The highest BCUT2D eigenvalue weighted by molar-refractivity contribution is 9.10. The van der Waals surface area contributed by atoms with Gasteiger partial charge in [-0.25, -0.2) is 0 Å². The fourth-order valence-corrected chi connectivity index (χ4v) is 2.21. The molecule has 1 aliphatic rings. The Bertz CT molecular complexity index is 339. The molecule has 0 fully saturated rings. The lowest BCUT2D eigenvalue weighted by atomic mass is 10.1. The van der Waals surface area contributed by atoms with Crippen molar-refractivity contribution in [1.82, 2.24) is 0 Å². The predicted molar refractivity (Wildman–Crippen MR) is 62.4 cm³/mol. The first-order valence-corrected chi connectivity index (χ1v) is 6.36. The van der Waals surface area contributed by atoms with Crippen LogP contribution in [-0.4, -0.2) is 12.1 Å². The van der Waals surface area contributed by atoms with Gasteiger partial charge >= 0.3 is 0 Å². The molecule has 1 aromatic carbocycles. The van der Waals surface area contributed by atoms with Gasteiger partial charge in [-0.15, -0.1) is 0 Å². The highest BCUT2D eigenvalue weighted by Gasteiger charge is 2.15. The topological polar surface area (TPSA) is 18.5 Å². The quantitative estimate of drug-likeness (QED) is 0.793. The van der Waals surface area contributed by atoms with Gasteiger partial charge in [0.15, 0.2) is 11.5 Å². The van der Waals surface area contributed by atoms with Crippen molar-refractivity contribution in [3.8, 4) is 11.5 Å². The molecule has 0 saturated heterocycles. The van der Waals surface area contributed by atoms with Crippen molar-refractivity contribution in [2.45, 2.75) is 12.8 Å². The number of fused-ring (bicyclic) bond motifs is 1. The van der Waals surface area contributed by atoms with Crippen LogP contribution in [0.2, 0.25) is 0 Å². The Kier molecular flexibility index (Phi) is 3.34. The van der Waals surface area contributed by atoms with Gasteiger partial charge in [0.1, 0.15) is 0 Å². The molecule has 14 heavy (non-hydrogen) atoms. The molecule has 0 spiro atoms. The summed E-state index contributed by atoms with van der Waals surface area (Å²) in [6.45, 7) is 0.337. The van der Waals surface area contributed by atoms with Crippen molar-refractivity contribution < 1.29 is 9.47 Å². The molecular weight excluding hydrogens is 312 g/mol. The maximum Gasteiger partial charge on any atom is 0.231 e. The summed E-state index contributed by atoms with van der Waals surface area (Å²) < 4.78 is 11.7. The fraction of sp³-hybridized carbons (Fsp3) is 0.400. The summed E-state index contributed by atoms with van der Waals surface area (Å²) in [7, 11) is 0. The zero-order valence-electron chi connectivity index (χ0n) is 7.56. The Balaban J connectivity index is 2.23. The maximum atomic E-state index is 5.32. The summed E-state index contributed by atoms with van der Waals surface area (Å²) in [4.78, 5) is 0. The molecule has 0 radical (unpaired) electrons. The van der Waals surface area contributed by atoms with Gasteiger partial charge in [0.25, 0.3) is 0 Å². The van der Waals surface area contributed by atoms with Crippen LogP contribution < -0.4 is 9.47 Å². The number of hydrogen-bond acceptors (Lipinski definition) is 2. The molecule has 0 bridgehead atoms. The molecule has 2 nitrogen and oxygen atoms in total. The van der Waals surface area contributed by atoms with Crippen molar-refractivity contribution >= 4 is 31.9 Å². The van der Waals surface area contributed by atoms with Gasteiger partial charge in [0, 0.05) is 9.80 Å². The van der Waals surface area contributed by atoms with Crippen molar-refractivity contribution in [3.63, 3.8) is 0 Å². The van der Waals surface area contributed by atoms with Crippen LogP contribution in [0.4, 0.5) is 0 Å². The van der Waals surface area contributed by atoms with Gasteiger partial charge in [-0.3, -0.25) is 0 Å². The smallest absolute Gasteiger partial charge is 0.231 e. The van der Waals surface area contributed by atoms with Gasteiger partial charge in [-0.2, -0.15) is 0 Å². The van der Waals surface area contributed by atoms with Gasteiger partial charge in [0.2, 0.25) is 6.79 Å². The molecule has 4 heteroatoms. The minimum absolute atomic E-state index is 0.337. The molecule has 0 unspecified atom stereocenters. The van der Waals surface area contributed by atoms with Gasteiger partial charge in [-0.05, 0) is 30.5 Å². The van der Waals surface area contributed by atoms with Crippen LogP contribution in [0.25, 0.3) is 0 Å². The van der Waals surface area contributed by atoms with E-state index in [1.165, 1.54) is 5.56 Å². The Morgan fingerprint density at radius 3 is 2.64 bits per heavy atom. The van der Waals surface area contributed by atoms with Crippen molar-refractivity contribution in [2.24, 2.45) is 0 Å². The highest BCUT2D eigenvalue weighted by Crippen LogP contribution is 2.37. The van der Waals surface area contributed by atoms with E-state index in [1.54, 1.807) is 0 Å². The molecule has 1 heterocycles. The van der Waals surface area contributed by atoms with E-state index in [0.717, 1.165) is 34.1 Å². The molecule has 1 aromatic rings. The Hall–Kier alpha value is -0.220. The Labute approximate surface area is 99.8 Å². The highest BCUT2D eigenvalue weighted by atomic mass is 79.9. The van der Waals surface area contributed by atoms with Crippen molar-refractivity contribution in [2.75, 3.05) is 12.1 Å². The summed E-state index contributed by atoms with van der Waals surface area (Å²) in [5, 5.41) is 1.02. The second-order valence-electron chi connectivity index (χ2n) is 3.09. The first-order valence-electron chi connectivity index (χ1n) is 4.45. The standard InChI is InChI=1S/C10H10Br2O2/c11-3-1-2-7-4-9-10(5-8(7)12)14-6-13-9/h4-5H,1-3,6H2. The Morgan fingerprint density at radius 2 is 1.93 bits per heavy atom. The first kappa shape index (κ1) is 10.3. The molecule has 0 amide bonds. The van der Waals surface area contributed by atoms with E-state index < -0.39 is 0 Å². The monoisotopic (exact) mass is 320 g/mol. The predicted octanol–water partition coefficient (Wildman–Crippen LogP) is 3.51. The van der Waals surface area contributed by atoms with Crippen LogP contribution in [-0.2, 0) is 6.42 Å². The zero-order valence-corrected chi connectivity index (χ0v) is 10.7. The van der Waals surface area contributed by atoms with E-state index in [0.29, 0.717) is 6.79 Å². The number of benzene rings is 1. The van der Waals surface area contributed by atoms with Gasteiger partial charge in [-0.1, -0.05) is 31.9 Å². The molecule has 0 atom stereocenters. The minimum atomic E-state index is 0.337. The number of alkyl halides is 1. The third-order valence-electron chi connectivity index (χ3n) is 2.12. The molecule has 1 aliphatic heterocycles. The van der Waals surface area contributed by atoms with Crippen molar-refractivity contribution in [3.05, 3.63) is 22.2 Å². The SMILES string of the molecule is BrCCCc1cc2c(cc1Br)OCO2.